The fraction of sp³-hybridized carbons (Fsp3) is 0.333. The van der Waals surface area contributed by atoms with Crippen molar-refractivity contribution < 1.29 is 17.6 Å². The van der Waals surface area contributed by atoms with Gasteiger partial charge in [0.15, 0.2) is 0 Å². The van der Waals surface area contributed by atoms with Crippen LogP contribution in [0, 0.1) is 5.82 Å². The lowest BCUT2D eigenvalue weighted by Crippen LogP contribution is -2.06. The van der Waals surface area contributed by atoms with Crippen molar-refractivity contribution in [2.45, 2.75) is 12.6 Å². The molecule has 7 heteroatoms. The topological polar surface area (TPSA) is 48.8 Å². The van der Waals surface area contributed by atoms with Gasteiger partial charge >= 0.3 is 6.18 Å². The monoisotopic (exact) mass is 233 g/mol. The molecule has 0 heterocycles. The Labute approximate surface area is 88.3 Å². The van der Waals surface area contributed by atoms with Crippen molar-refractivity contribution in [1.29, 1.82) is 0 Å². The average molecular weight is 233 g/mol. The minimum Gasteiger partial charge on any atom is -0.207 e. The highest BCUT2D eigenvalue weighted by atomic mass is 19.4. The summed E-state index contributed by atoms with van der Waals surface area (Å²) in [6.07, 6.45) is -4.47. The van der Waals surface area contributed by atoms with E-state index >= 15 is 0 Å². The van der Waals surface area contributed by atoms with Crippen LogP contribution in [0.2, 0.25) is 0 Å². The molecule has 1 aromatic carbocycles. The SMILES string of the molecule is [N-]=[N+]=NCCc1ccc(C(F)(F)F)cc1F. The van der Waals surface area contributed by atoms with Crippen molar-refractivity contribution in [1.82, 2.24) is 0 Å². The lowest BCUT2D eigenvalue weighted by atomic mass is 10.1. The van der Waals surface area contributed by atoms with Gasteiger partial charge in [-0.15, -0.1) is 0 Å². The number of hydrogen-bond acceptors (Lipinski definition) is 1. The molecule has 0 spiro atoms. The summed E-state index contributed by atoms with van der Waals surface area (Å²) in [6.45, 7) is 0.0127. The van der Waals surface area contributed by atoms with Crippen LogP contribution in [-0.2, 0) is 12.6 Å². The zero-order valence-electron chi connectivity index (χ0n) is 8.00. The molecule has 3 nitrogen and oxygen atoms in total. The maximum atomic E-state index is 13.2. The van der Waals surface area contributed by atoms with Crippen LogP contribution in [0.3, 0.4) is 0 Å². The van der Waals surface area contributed by atoms with Crippen molar-refractivity contribution in [3.63, 3.8) is 0 Å². The summed E-state index contributed by atoms with van der Waals surface area (Å²) in [6, 6.07) is 2.28. The number of azide groups is 1. The molecule has 0 aliphatic rings. The molecule has 0 fully saturated rings. The fourth-order valence-corrected chi connectivity index (χ4v) is 1.14. The van der Waals surface area contributed by atoms with E-state index in [-0.39, 0.29) is 18.5 Å². The van der Waals surface area contributed by atoms with Crippen LogP contribution >= 0.6 is 0 Å². The van der Waals surface area contributed by atoms with Gasteiger partial charge in [0.05, 0.1) is 5.56 Å². The van der Waals surface area contributed by atoms with Gasteiger partial charge in [-0.1, -0.05) is 11.2 Å². The molecule has 0 aliphatic heterocycles. The van der Waals surface area contributed by atoms with Crippen LogP contribution in [0.5, 0.6) is 0 Å². The summed E-state index contributed by atoms with van der Waals surface area (Å²) in [5.74, 6) is -0.942. The highest BCUT2D eigenvalue weighted by molar-refractivity contribution is 5.26. The predicted molar refractivity (Wildman–Crippen MR) is 49.1 cm³/mol. The number of benzene rings is 1. The maximum absolute atomic E-state index is 13.2. The first-order chi connectivity index (χ1) is 7.45. The third-order valence-electron chi connectivity index (χ3n) is 1.92. The standard InChI is InChI=1S/C9H7F4N3/c10-8-5-7(9(11,12)13)2-1-6(8)3-4-15-16-14/h1-2,5H,3-4H2. The summed E-state index contributed by atoms with van der Waals surface area (Å²) in [5, 5.41) is 3.17. The Balaban J connectivity index is 2.87. The molecule has 0 saturated carbocycles. The van der Waals surface area contributed by atoms with Crippen molar-refractivity contribution in [2.75, 3.05) is 6.54 Å². The molecule has 1 rings (SSSR count). The molecule has 0 bridgehead atoms. The Morgan fingerprint density at radius 2 is 2.00 bits per heavy atom. The second-order valence-corrected chi connectivity index (χ2v) is 3.01. The molecule has 0 N–H and O–H groups in total. The second kappa shape index (κ2) is 4.85. The largest absolute Gasteiger partial charge is 0.416 e. The molecule has 0 amide bonds. The van der Waals surface area contributed by atoms with Gasteiger partial charge in [-0.3, -0.25) is 0 Å². The summed E-state index contributed by atoms with van der Waals surface area (Å²) in [5.41, 5.74) is 7.05. The van der Waals surface area contributed by atoms with Crippen LogP contribution in [0.15, 0.2) is 23.3 Å². The lowest BCUT2D eigenvalue weighted by Gasteiger charge is -2.08. The zero-order valence-corrected chi connectivity index (χ0v) is 8.00. The van der Waals surface area contributed by atoms with Crippen LogP contribution in [0.25, 0.3) is 10.4 Å². The minimum absolute atomic E-state index is 0.0127. The smallest absolute Gasteiger partial charge is 0.207 e. The number of rotatable bonds is 3. The first-order valence-electron chi connectivity index (χ1n) is 4.31. The number of alkyl halides is 3. The van der Waals surface area contributed by atoms with Gasteiger partial charge in [-0.2, -0.15) is 13.2 Å². The summed E-state index contributed by atoms with van der Waals surface area (Å²) in [4.78, 5) is 2.46. The average Bonchev–Trinajstić information content (AvgIpc) is 2.19. The third-order valence-corrected chi connectivity index (χ3v) is 1.92. The number of halogens is 4. The van der Waals surface area contributed by atoms with Crippen molar-refractivity contribution in [3.05, 3.63) is 45.6 Å². The Hall–Kier alpha value is -1.75. The van der Waals surface area contributed by atoms with E-state index in [0.717, 1.165) is 12.1 Å². The molecule has 0 atom stereocenters. The van der Waals surface area contributed by atoms with E-state index in [1.54, 1.807) is 0 Å². The maximum Gasteiger partial charge on any atom is 0.416 e. The molecule has 0 aromatic heterocycles. The highest BCUT2D eigenvalue weighted by Gasteiger charge is 2.30. The van der Waals surface area contributed by atoms with Crippen LogP contribution in [-0.4, -0.2) is 6.54 Å². The number of nitrogens with zero attached hydrogens (tertiary/aromatic N) is 3. The fourth-order valence-electron chi connectivity index (χ4n) is 1.14. The van der Waals surface area contributed by atoms with Gasteiger partial charge in [0.25, 0.3) is 0 Å². The molecule has 0 radical (unpaired) electrons. The zero-order chi connectivity index (χ0) is 12.2. The van der Waals surface area contributed by atoms with Gasteiger partial charge in [0, 0.05) is 11.5 Å². The van der Waals surface area contributed by atoms with Crippen molar-refractivity contribution in [2.24, 2.45) is 5.11 Å². The molecule has 0 saturated heterocycles. The lowest BCUT2D eigenvalue weighted by molar-refractivity contribution is -0.137. The molecular weight excluding hydrogens is 226 g/mol. The third kappa shape index (κ3) is 3.13. The Bertz CT molecular complexity index is 421. The van der Waals surface area contributed by atoms with Crippen molar-refractivity contribution >= 4 is 0 Å². The van der Waals surface area contributed by atoms with Gasteiger partial charge < -0.3 is 0 Å². The minimum atomic E-state index is -4.55. The molecule has 0 unspecified atom stereocenters. The van der Waals surface area contributed by atoms with E-state index in [2.05, 4.69) is 10.0 Å². The van der Waals surface area contributed by atoms with Gasteiger partial charge in [-0.05, 0) is 29.6 Å². The normalized spacial score (nSPS) is 11.0. The molecule has 16 heavy (non-hydrogen) atoms. The number of hydrogen-bond donors (Lipinski definition) is 0. The first kappa shape index (κ1) is 12.3. The quantitative estimate of drug-likeness (QED) is 0.331. The first-order valence-corrected chi connectivity index (χ1v) is 4.31. The Morgan fingerprint density at radius 1 is 1.31 bits per heavy atom. The molecular formula is C9H7F4N3. The molecule has 0 aliphatic carbocycles. The van der Waals surface area contributed by atoms with E-state index in [0.29, 0.717) is 6.07 Å². The van der Waals surface area contributed by atoms with Crippen LogP contribution < -0.4 is 0 Å². The summed E-state index contributed by atoms with van der Waals surface area (Å²) < 4.78 is 49.7. The van der Waals surface area contributed by atoms with E-state index in [1.807, 2.05) is 0 Å². The van der Waals surface area contributed by atoms with Gasteiger partial charge in [0.2, 0.25) is 0 Å². The van der Waals surface area contributed by atoms with E-state index in [1.165, 1.54) is 0 Å². The summed E-state index contributed by atoms with van der Waals surface area (Å²) >= 11 is 0. The van der Waals surface area contributed by atoms with Gasteiger partial charge in [-0.25, -0.2) is 4.39 Å². The highest BCUT2D eigenvalue weighted by Crippen LogP contribution is 2.30. The van der Waals surface area contributed by atoms with Crippen LogP contribution in [0.1, 0.15) is 11.1 Å². The molecule has 1 aromatic rings. The molecule has 86 valence electrons. The summed E-state index contributed by atoms with van der Waals surface area (Å²) in [7, 11) is 0. The second-order valence-electron chi connectivity index (χ2n) is 3.01. The predicted octanol–water partition coefficient (Wildman–Crippen LogP) is 3.70. The van der Waals surface area contributed by atoms with E-state index in [9.17, 15) is 17.6 Å². The van der Waals surface area contributed by atoms with Crippen molar-refractivity contribution in [3.8, 4) is 0 Å². The Kier molecular flexibility index (Phi) is 3.73. The van der Waals surface area contributed by atoms with E-state index in [4.69, 9.17) is 5.53 Å². The van der Waals surface area contributed by atoms with Gasteiger partial charge in [0.1, 0.15) is 5.82 Å². The Morgan fingerprint density at radius 3 is 2.50 bits per heavy atom. The van der Waals surface area contributed by atoms with E-state index < -0.39 is 17.6 Å². The van der Waals surface area contributed by atoms with Crippen LogP contribution in [0.4, 0.5) is 17.6 Å².